The second-order valence-electron chi connectivity index (χ2n) is 6.18. The first-order valence-corrected chi connectivity index (χ1v) is 10.2. The standard InChI is InChI=1S/C18H8BrF10P/c19-5-2-1-3-6(4-5)30(17-13(26)9(22)7(20)10(23)14(17)27)18-15(28)11(24)8(21)12(25)16(18)29/h1-4,7,9,15,18H. The first kappa shape index (κ1) is 23.1. The second-order valence-corrected chi connectivity index (χ2v) is 9.36. The summed E-state index contributed by atoms with van der Waals surface area (Å²) in [7, 11) is -3.30. The quantitative estimate of drug-likeness (QED) is 0.282. The van der Waals surface area contributed by atoms with Crippen molar-refractivity contribution in [1.82, 2.24) is 0 Å². The summed E-state index contributed by atoms with van der Waals surface area (Å²) < 4.78 is 141. The van der Waals surface area contributed by atoms with Crippen LogP contribution in [0.5, 0.6) is 0 Å². The zero-order valence-corrected chi connectivity index (χ0v) is 16.7. The van der Waals surface area contributed by atoms with Crippen LogP contribution in [0.3, 0.4) is 0 Å². The lowest BCUT2D eigenvalue weighted by Crippen LogP contribution is -2.33. The molecule has 162 valence electrons. The lowest BCUT2D eigenvalue weighted by Gasteiger charge is -2.34. The van der Waals surface area contributed by atoms with E-state index in [0.717, 1.165) is 12.1 Å². The van der Waals surface area contributed by atoms with Crippen LogP contribution in [0.15, 0.2) is 74.8 Å². The molecule has 0 amide bonds. The SMILES string of the molecule is FC1=C(F)C(F)C(F)C(F)=C1P(c1cccc(Br)c1)C1C(F)=C(F)C(F)=C(F)C1F. The normalized spacial score (nSPS) is 29.2. The lowest BCUT2D eigenvalue weighted by atomic mass is 10.1. The van der Waals surface area contributed by atoms with Crippen LogP contribution in [0.2, 0.25) is 0 Å². The maximum absolute atomic E-state index is 14.6. The van der Waals surface area contributed by atoms with Gasteiger partial charge in [0.2, 0.25) is 0 Å². The van der Waals surface area contributed by atoms with E-state index in [1.807, 2.05) is 0 Å². The summed E-state index contributed by atoms with van der Waals surface area (Å²) in [5, 5.41) is -1.98. The van der Waals surface area contributed by atoms with Gasteiger partial charge < -0.3 is 0 Å². The molecular formula is C18H8BrF10P. The molecule has 0 saturated carbocycles. The van der Waals surface area contributed by atoms with E-state index in [2.05, 4.69) is 15.9 Å². The van der Waals surface area contributed by atoms with E-state index in [1.165, 1.54) is 12.1 Å². The minimum absolute atomic E-state index is 0.174. The molecule has 12 heteroatoms. The van der Waals surface area contributed by atoms with Gasteiger partial charge in [0.1, 0.15) is 5.83 Å². The third-order valence-corrected chi connectivity index (χ3v) is 7.65. The molecule has 0 bridgehead atoms. The van der Waals surface area contributed by atoms with Gasteiger partial charge in [0.25, 0.3) is 0 Å². The molecule has 2 aliphatic carbocycles. The summed E-state index contributed by atoms with van der Waals surface area (Å²) in [6.45, 7) is 0. The van der Waals surface area contributed by atoms with Crippen LogP contribution in [0.25, 0.3) is 0 Å². The molecule has 0 aliphatic heterocycles. The Balaban J connectivity index is 2.32. The number of halogens is 11. The third kappa shape index (κ3) is 3.64. The Hall–Kier alpha value is -1.61. The maximum atomic E-state index is 14.6. The van der Waals surface area contributed by atoms with Crippen LogP contribution in [-0.4, -0.2) is 24.2 Å². The Morgan fingerprint density at radius 3 is 1.80 bits per heavy atom. The van der Waals surface area contributed by atoms with Crippen molar-refractivity contribution in [2.75, 3.05) is 0 Å². The van der Waals surface area contributed by atoms with Crippen LogP contribution < -0.4 is 5.30 Å². The Morgan fingerprint density at radius 2 is 1.20 bits per heavy atom. The highest BCUT2D eigenvalue weighted by molar-refractivity contribution is 9.10. The topological polar surface area (TPSA) is 0 Å². The molecule has 30 heavy (non-hydrogen) atoms. The monoisotopic (exact) mass is 524 g/mol. The van der Waals surface area contributed by atoms with Crippen LogP contribution in [-0.2, 0) is 0 Å². The molecule has 0 spiro atoms. The zero-order valence-electron chi connectivity index (χ0n) is 14.2. The molecule has 2 aliphatic rings. The minimum Gasteiger partial charge on any atom is -0.238 e. The van der Waals surface area contributed by atoms with E-state index < -0.39 is 78.2 Å². The van der Waals surface area contributed by atoms with Gasteiger partial charge in [-0.15, -0.1) is 0 Å². The van der Waals surface area contributed by atoms with Crippen molar-refractivity contribution in [3.05, 3.63) is 74.8 Å². The number of hydrogen-bond acceptors (Lipinski definition) is 0. The first-order chi connectivity index (χ1) is 14.0. The fourth-order valence-corrected chi connectivity index (χ4v) is 6.34. The molecule has 0 saturated heterocycles. The van der Waals surface area contributed by atoms with Crippen molar-refractivity contribution in [3.8, 4) is 0 Å². The minimum atomic E-state index is -3.35. The van der Waals surface area contributed by atoms with Gasteiger partial charge in [0, 0.05) is 4.47 Å². The number of benzene rings is 1. The molecule has 0 heterocycles. The van der Waals surface area contributed by atoms with Crippen molar-refractivity contribution in [2.45, 2.75) is 24.2 Å². The Bertz CT molecular complexity index is 1010. The number of hydrogen-bond donors (Lipinski definition) is 0. The van der Waals surface area contributed by atoms with Crippen molar-refractivity contribution >= 4 is 29.2 Å². The fourth-order valence-electron chi connectivity index (χ4n) is 2.97. The van der Waals surface area contributed by atoms with Gasteiger partial charge in [-0.1, -0.05) is 28.1 Å². The van der Waals surface area contributed by atoms with Crippen molar-refractivity contribution in [2.24, 2.45) is 0 Å². The first-order valence-electron chi connectivity index (χ1n) is 8.01. The maximum Gasteiger partial charge on any atom is 0.196 e. The molecule has 1 aromatic carbocycles. The molecule has 0 N–H and O–H groups in total. The highest BCUT2D eigenvalue weighted by atomic mass is 79.9. The molecule has 0 radical (unpaired) electrons. The molecule has 5 atom stereocenters. The summed E-state index contributed by atoms with van der Waals surface area (Å²) in [5.41, 5.74) is -2.71. The van der Waals surface area contributed by atoms with Gasteiger partial charge in [-0.25, -0.2) is 43.9 Å². The molecule has 1 aromatic rings. The van der Waals surface area contributed by atoms with Gasteiger partial charge >= 0.3 is 0 Å². The van der Waals surface area contributed by atoms with Gasteiger partial charge in [0.15, 0.2) is 53.5 Å². The van der Waals surface area contributed by atoms with E-state index in [1.54, 1.807) is 0 Å². The van der Waals surface area contributed by atoms with Gasteiger partial charge in [-0.05, 0) is 25.4 Å². The zero-order chi connectivity index (χ0) is 22.5. The average Bonchev–Trinajstić information content (AvgIpc) is 2.72. The summed E-state index contributed by atoms with van der Waals surface area (Å²) in [6.07, 6.45) is -9.98. The Morgan fingerprint density at radius 1 is 0.667 bits per heavy atom. The predicted molar refractivity (Wildman–Crippen MR) is 95.0 cm³/mol. The highest BCUT2D eigenvalue weighted by Crippen LogP contribution is 2.62. The molecule has 3 rings (SSSR count). The molecule has 0 nitrogen and oxygen atoms in total. The summed E-state index contributed by atoms with van der Waals surface area (Å²) in [6, 6.07) is 4.64. The van der Waals surface area contributed by atoms with E-state index in [0.29, 0.717) is 0 Å². The van der Waals surface area contributed by atoms with Gasteiger partial charge in [0.05, 0.1) is 11.0 Å². The number of alkyl halides is 3. The van der Waals surface area contributed by atoms with Crippen molar-refractivity contribution in [1.29, 1.82) is 0 Å². The predicted octanol–water partition coefficient (Wildman–Crippen LogP) is 7.60. The third-order valence-electron chi connectivity index (χ3n) is 4.38. The van der Waals surface area contributed by atoms with Gasteiger partial charge in [-0.3, -0.25) is 0 Å². The molecular weight excluding hydrogens is 517 g/mol. The number of rotatable bonds is 3. The van der Waals surface area contributed by atoms with Crippen molar-refractivity contribution in [3.63, 3.8) is 0 Å². The smallest absolute Gasteiger partial charge is 0.196 e. The molecule has 0 fully saturated rings. The fraction of sp³-hybridized carbons (Fsp3) is 0.222. The summed E-state index contributed by atoms with van der Waals surface area (Å²) >= 11 is 2.98. The van der Waals surface area contributed by atoms with Crippen LogP contribution >= 0.6 is 23.9 Å². The number of allylic oxidation sites excluding steroid dienone is 8. The van der Waals surface area contributed by atoms with Gasteiger partial charge in [-0.2, -0.15) is 0 Å². The van der Waals surface area contributed by atoms with E-state index in [4.69, 9.17) is 0 Å². The Labute approximate surface area is 172 Å². The largest absolute Gasteiger partial charge is 0.238 e. The van der Waals surface area contributed by atoms with Crippen molar-refractivity contribution < 1.29 is 43.9 Å². The second kappa shape index (κ2) is 8.49. The molecule has 0 aromatic heterocycles. The van der Waals surface area contributed by atoms with E-state index >= 15 is 0 Å². The summed E-state index contributed by atoms with van der Waals surface area (Å²) in [4.78, 5) is 0. The van der Waals surface area contributed by atoms with Crippen LogP contribution in [0.4, 0.5) is 43.9 Å². The van der Waals surface area contributed by atoms with Crippen LogP contribution in [0, 0.1) is 0 Å². The molecule has 5 unspecified atom stereocenters. The van der Waals surface area contributed by atoms with E-state index in [-0.39, 0.29) is 9.78 Å². The van der Waals surface area contributed by atoms with E-state index in [9.17, 15) is 43.9 Å². The Kier molecular flexibility index (Phi) is 6.53. The summed E-state index contributed by atoms with van der Waals surface area (Å²) in [5.74, 6) is -16.4. The average molecular weight is 525 g/mol. The lowest BCUT2D eigenvalue weighted by molar-refractivity contribution is 0.167. The highest BCUT2D eigenvalue weighted by Gasteiger charge is 2.50. The van der Waals surface area contributed by atoms with Crippen LogP contribution in [0.1, 0.15) is 0 Å².